The number of nitrogens with zero attached hydrogens (tertiary/aromatic N) is 1. The van der Waals surface area contributed by atoms with Gasteiger partial charge in [0.05, 0.1) is 5.57 Å². The Morgan fingerprint density at radius 3 is 2.72 bits per heavy atom. The van der Waals surface area contributed by atoms with Crippen molar-refractivity contribution < 1.29 is 9.53 Å². The molecule has 0 aromatic heterocycles. The second kappa shape index (κ2) is 4.16. The van der Waals surface area contributed by atoms with Crippen LogP contribution in [0.1, 0.15) is 40.0 Å². The van der Waals surface area contributed by atoms with Crippen LogP contribution < -0.4 is 5.73 Å². The molecule has 1 heterocycles. The van der Waals surface area contributed by atoms with Gasteiger partial charge in [0.2, 0.25) is 5.88 Å². The van der Waals surface area contributed by atoms with Crippen molar-refractivity contribution in [2.75, 3.05) is 0 Å². The standard InChI is InChI=1S/C14H18N2O2/c1-4-8-9(7-15)13(16)18-11-6-14(2,3)5-10(17)12(8)11/h8H,4-6,16H2,1-3H3/t8-/m0/s1. The summed E-state index contributed by atoms with van der Waals surface area (Å²) in [6.07, 6.45) is 1.90. The minimum Gasteiger partial charge on any atom is -0.444 e. The van der Waals surface area contributed by atoms with E-state index in [2.05, 4.69) is 6.07 Å². The van der Waals surface area contributed by atoms with E-state index in [-0.39, 0.29) is 23.0 Å². The van der Waals surface area contributed by atoms with Crippen LogP contribution in [0.3, 0.4) is 0 Å². The van der Waals surface area contributed by atoms with E-state index in [9.17, 15) is 4.79 Å². The first kappa shape index (κ1) is 12.7. The van der Waals surface area contributed by atoms with E-state index in [4.69, 9.17) is 15.7 Å². The molecule has 1 aliphatic heterocycles. The van der Waals surface area contributed by atoms with Gasteiger partial charge in [-0.15, -0.1) is 0 Å². The minimum atomic E-state index is -0.192. The molecule has 0 aromatic rings. The number of hydrogen-bond acceptors (Lipinski definition) is 4. The third-order valence-corrected chi connectivity index (χ3v) is 3.60. The van der Waals surface area contributed by atoms with E-state index in [1.165, 1.54) is 0 Å². The zero-order valence-electron chi connectivity index (χ0n) is 11.0. The highest BCUT2D eigenvalue weighted by Gasteiger charge is 2.41. The number of nitriles is 1. The van der Waals surface area contributed by atoms with Crippen LogP contribution in [-0.4, -0.2) is 5.78 Å². The van der Waals surface area contributed by atoms with Crippen LogP contribution in [-0.2, 0) is 9.53 Å². The topological polar surface area (TPSA) is 76.1 Å². The second-order valence-electron chi connectivity index (χ2n) is 5.73. The predicted molar refractivity (Wildman–Crippen MR) is 66.7 cm³/mol. The van der Waals surface area contributed by atoms with Crippen LogP contribution >= 0.6 is 0 Å². The highest BCUT2D eigenvalue weighted by molar-refractivity contribution is 5.98. The lowest BCUT2D eigenvalue weighted by Crippen LogP contribution is -2.34. The molecule has 4 heteroatoms. The van der Waals surface area contributed by atoms with E-state index in [1.807, 2.05) is 20.8 Å². The van der Waals surface area contributed by atoms with E-state index in [1.54, 1.807) is 0 Å². The van der Waals surface area contributed by atoms with Crippen molar-refractivity contribution in [1.29, 1.82) is 5.26 Å². The molecule has 2 rings (SSSR count). The fourth-order valence-electron chi connectivity index (χ4n) is 2.80. The highest BCUT2D eigenvalue weighted by atomic mass is 16.5. The molecule has 4 nitrogen and oxygen atoms in total. The van der Waals surface area contributed by atoms with Gasteiger partial charge in [-0.05, 0) is 11.8 Å². The number of carbonyl (C=O) groups excluding carboxylic acids is 1. The number of nitrogens with two attached hydrogens (primary N) is 1. The number of ether oxygens (including phenoxy) is 1. The Morgan fingerprint density at radius 1 is 1.50 bits per heavy atom. The number of Topliss-reactive ketones (excluding diaryl/α,β-unsaturated/α-hetero) is 1. The van der Waals surface area contributed by atoms with E-state index >= 15 is 0 Å². The quantitative estimate of drug-likeness (QED) is 0.770. The molecule has 2 aliphatic rings. The Hall–Kier alpha value is -1.76. The molecule has 2 N–H and O–H groups in total. The van der Waals surface area contributed by atoms with Crippen molar-refractivity contribution in [1.82, 2.24) is 0 Å². The summed E-state index contributed by atoms with van der Waals surface area (Å²) in [5.74, 6) is 0.726. The maximum absolute atomic E-state index is 12.3. The molecule has 0 aromatic carbocycles. The van der Waals surface area contributed by atoms with Crippen molar-refractivity contribution in [2.24, 2.45) is 17.1 Å². The van der Waals surface area contributed by atoms with Crippen LogP contribution in [0.4, 0.5) is 0 Å². The molecule has 0 saturated carbocycles. The van der Waals surface area contributed by atoms with Crippen LogP contribution in [0, 0.1) is 22.7 Å². The first-order chi connectivity index (χ1) is 8.39. The maximum atomic E-state index is 12.3. The largest absolute Gasteiger partial charge is 0.444 e. The third-order valence-electron chi connectivity index (χ3n) is 3.60. The molecule has 18 heavy (non-hydrogen) atoms. The van der Waals surface area contributed by atoms with Crippen LogP contribution in [0.25, 0.3) is 0 Å². The summed E-state index contributed by atoms with van der Waals surface area (Å²) < 4.78 is 5.53. The average molecular weight is 246 g/mol. The zero-order valence-corrected chi connectivity index (χ0v) is 11.0. The SMILES string of the molecule is CC[C@H]1C(C#N)=C(N)OC2=C1C(=O)CC(C)(C)C2. The molecule has 0 radical (unpaired) electrons. The Labute approximate surface area is 107 Å². The summed E-state index contributed by atoms with van der Waals surface area (Å²) in [6, 6.07) is 2.07. The summed E-state index contributed by atoms with van der Waals surface area (Å²) in [4.78, 5) is 12.3. The van der Waals surface area contributed by atoms with Crippen LogP contribution in [0.2, 0.25) is 0 Å². The molecular weight excluding hydrogens is 228 g/mol. The first-order valence-corrected chi connectivity index (χ1v) is 6.23. The lowest BCUT2D eigenvalue weighted by molar-refractivity contribution is -0.119. The van der Waals surface area contributed by atoms with Crippen molar-refractivity contribution >= 4 is 5.78 Å². The molecule has 0 bridgehead atoms. The van der Waals surface area contributed by atoms with Gasteiger partial charge >= 0.3 is 0 Å². The van der Waals surface area contributed by atoms with E-state index in [0.717, 1.165) is 0 Å². The third kappa shape index (κ3) is 1.90. The number of allylic oxidation sites excluding steroid dienone is 3. The Morgan fingerprint density at radius 2 is 2.17 bits per heavy atom. The number of carbonyl (C=O) groups is 1. The van der Waals surface area contributed by atoms with Gasteiger partial charge in [-0.25, -0.2) is 0 Å². The predicted octanol–water partition coefficient (Wildman–Crippen LogP) is 2.38. The Kier molecular flexibility index (Phi) is 2.94. The number of rotatable bonds is 1. The van der Waals surface area contributed by atoms with Crippen molar-refractivity contribution in [2.45, 2.75) is 40.0 Å². The lowest BCUT2D eigenvalue weighted by atomic mass is 9.71. The van der Waals surface area contributed by atoms with Crippen LogP contribution in [0.15, 0.2) is 22.8 Å². The van der Waals surface area contributed by atoms with Gasteiger partial charge in [0.15, 0.2) is 5.78 Å². The Bertz CT molecular complexity index is 506. The maximum Gasteiger partial charge on any atom is 0.204 e. The molecule has 0 amide bonds. The van der Waals surface area contributed by atoms with Crippen LogP contribution in [0.5, 0.6) is 0 Å². The van der Waals surface area contributed by atoms with Crippen molar-refractivity contribution in [3.05, 3.63) is 22.8 Å². The monoisotopic (exact) mass is 246 g/mol. The molecular formula is C14H18N2O2. The smallest absolute Gasteiger partial charge is 0.204 e. The summed E-state index contributed by atoms with van der Waals surface area (Å²) in [6.45, 7) is 6.04. The summed E-state index contributed by atoms with van der Waals surface area (Å²) >= 11 is 0. The highest BCUT2D eigenvalue weighted by Crippen LogP contribution is 2.44. The van der Waals surface area contributed by atoms with Gasteiger partial charge in [0.1, 0.15) is 11.8 Å². The molecule has 96 valence electrons. The molecule has 1 aliphatic carbocycles. The van der Waals surface area contributed by atoms with E-state index < -0.39 is 0 Å². The summed E-state index contributed by atoms with van der Waals surface area (Å²) in [7, 11) is 0. The fourth-order valence-corrected chi connectivity index (χ4v) is 2.80. The average Bonchev–Trinajstić information content (AvgIpc) is 2.25. The van der Waals surface area contributed by atoms with Gasteiger partial charge in [0.25, 0.3) is 0 Å². The van der Waals surface area contributed by atoms with Gasteiger partial charge in [-0.1, -0.05) is 20.8 Å². The minimum absolute atomic E-state index is 0.0911. The van der Waals surface area contributed by atoms with Gasteiger partial charge in [-0.3, -0.25) is 4.79 Å². The second-order valence-corrected chi connectivity index (χ2v) is 5.73. The van der Waals surface area contributed by atoms with Crippen molar-refractivity contribution in [3.8, 4) is 6.07 Å². The fraction of sp³-hybridized carbons (Fsp3) is 0.571. The lowest BCUT2D eigenvalue weighted by Gasteiger charge is -2.36. The molecule has 0 saturated heterocycles. The summed E-state index contributed by atoms with van der Waals surface area (Å²) in [5, 5.41) is 9.14. The molecule has 0 spiro atoms. The Balaban J connectivity index is 2.49. The van der Waals surface area contributed by atoms with Gasteiger partial charge in [-0.2, -0.15) is 5.26 Å². The first-order valence-electron chi connectivity index (χ1n) is 6.23. The molecule has 1 atom stereocenters. The normalized spacial score (nSPS) is 26.6. The zero-order chi connectivity index (χ0) is 13.5. The van der Waals surface area contributed by atoms with Gasteiger partial charge in [0, 0.05) is 24.3 Å². The molecule has 0 fully saturated rings. The van der Waals surface area contributed by atoms with Crippen molar-refractivity contribution in [3.63, 3.8) is 0 Å². The summed E-state index contributed by atoms with van der Waals surface area (Å²) in [5.41, 5.74) is 6.75. The van der Waals surface area contributed by atoms with Gasteiger partial charge < -0.3 is 10.5 Å². The molecule has 0 unspecified atom stereocenters. The van der Waals surface area contributed by atoms with E-state index in [0.29, 0.717) is 36.2 Å². The number of hydrogen-bond donors (Lipinski definition) is 1. The number of ketones is 1.